The fourth-order valence-electron chi connectivity index (χ4n) is 5.84. The third-order valence-corrected chi connectivity index (χ3v) is 9.15. The first kappa shape index (κ1) is 26.7. The number of thiophene rings is 1. The average Bonchev–Trinajstić information content (AvgIpc) is 3.60. The zero-order chi connectivity index (χ0) is 27.7. The standard InChI is InChI=1S/C28H34N8O2S/c1-3-23(37)36-13-11-34(12-14-36)18-15-20(32-22(16-18)35-9-4-5-10-35)25(30)33-27(38)28(2)8-6-7-21-24(28)19(17-29)26(31)39-21/h3,15-16H,1,4-14,31H2,2H3,(H2,30,33,38). The van der Waals surface area contributed by atoms with Gasteiger partial charge in [-0.25, -0.2) is 4.98 Å². The second kappa shape index (κ2) is 10.7. The van der Waals surface area contributed by atoms with Crippen LogP contribution in [0.5, 0.6) is 0 Å². The number of hydrogen-bond donors (Lipinski definition) is 2. The summed E-state index contributed by atoms with van der Waals surface area (Å²) in [7, 11) is 0. The predicted molar refractivity (Wildman–Crippen MR) is 154 cm³/mol. The van der Waals surface area contributed by atoms with E-state index in [1.807, 2.05) is 13.0 Å². The summed E-state index contributed by atoms with van der Waals surface area (Å²) in [4.78, 5) is 42.1. The van der Waals surface area contributed by atoms with Crippen LogP contribution in [0.1, 0.15) is 54.3 Å². The third kappa shape index (κ3) is 4.96. The quantitative estimate of drug-likeness (QED) is 0.331. The van der Waals surface area contributed by atoms with Gasteiger partial charge in [0.1, 0.15) is 22.6 Å². The number of nitriles is 1. The van der Waals surface area contributed by atoms with Crippen molar-refractivity contribution in [2.24, 2.45) is 10.7 Å². The second-order valence-corrected chi connectivity index (χ2v) is 11.7. The maximum atomic E-state index is 13.7. The molecule has 0 radical (unpaired) electrons. The first-order valence-corrected chi connectivity index (χ1v) is 14.2. The number of aryl methyl sites for hydroxylation is 1. The van der Waals surface area contributed by atoms with Crippen LogP contribution >= 0.6 is 11.3 Å². The number of nitrogen functional groups attached to an aromatic ring is 1. The zero-order valence-electron chi connectivity index (χ0n) is 22.3. The number of carbonyl (C=O) groups excluding carboxylic acids is 2. The third-order valence-electron chi connectivity index (χ3n) is 8.07. The number of hydrogen-bond acceptors (Lipinski definition) is 8. The fraction of sp³-hybridized carbons (Fsp3) is 0.464. The fourth-order valence-corrected chi connectivity index (χ4v) is 7.03. The van der Waals surface area contributed by atoms with E-state index in [4.69, 9.17) is 16.5 Å². The molecule has 5 rings (SSSR count). The van der Waals surface area contributed by atoms with E-state index in [-0.39, 0.29) is 17.6 Å². The number of amides is 2. The molecule has 2 aliphatic heterocycles. The van der Waals surface area contributed by atoms with E-state index < -0.39 is 5.41 Å². The highest BCUT2D eigenvalue weighted by molar-refractivity contribution is 7.16. The zero-order valence-corrected chi connectivity index (χ0v) is 23.1. The summed E-state index contributed by atoms with van der Waals surface area (Å²) >= 11 is 1.38. The van der Waals surface area contributed by atoms with Gasteiger partial charge in [-0.1, -0.05) is 6.58 Å². The molecule has 2 amide bonds. The number of amidine groups is 1. The number of piperazine rings is 1. The molecule has 0 aromatic carbocycles. The van der Waals surface area contributed by atoms with Crippen LogP contribution in [-0.2, 0) is 21.4 Å². The molecule has 3 aliphatic rings. The maximum absolute atomic E-state index is 13.7. The minimum absolute atomic E-state index is 0.0535. The van der Waals surface area contributed by atoms with Crippen LogP contribution < -0.4 is 21.3 Å². The molecule has 1 unspecified atom stereocenters. The molecule has 204 valence electrons. The Morgan fingerprint density at radius 2 is 1.87 bits per heavy atom. The van der Waals surface area contributed by atoms with Crippen molar-refractivity contribution >= 4 is 45.5 Å². The minimum atomic E-state index is -0.971. The van der Waals surface area contributed by atoms with Gasteiger partial charge in [0.25, 0.3) is 5.91 Å². The summed E-state index contributed by atoms with van der Waals surface area (Å²) < 4.78 is 0. The maximum Gasteiger partial charge on any atom is 0.258 e. The lowest BCUT2D eigenvalue weighted by molar-refractivity contribution is -0.126. The van der Waals surface area contributed by atoms with Gasteiger partial charge in [0.15, 0.2) is 5.84 Å². The molecule has 11 heteroatoms. The molecule has 1 aliphatic carbocycles. The molecule has 4 heterocycles. The predicted octanol–water partition coefficient (Wildman–Crippen LogP) is 2.56. The van der Waals surface area contributed by atoms with E-state index in [2.05, 4.69) is 33.5 Å². The molecule has 4 N–H and O–H groups in total. The number of nitrogens with two attached hydrogens (primary N) is 2. The Morgan fingerprint density at radius 3 is 2.54 bits per heavy atom. The van der Waals surface area contributed by atoms with Crippen LogP contribution in [0.15, 0.2) is 29.8 Å². The summed E-state index contributed by atoms with van der Waals surface area (Å²) in [6.45, 7) is 9.75. The first-order valence-electron chi connectivity index (χ1n) is 13.4. The van der Waals surface area contributed by atoms with Crippen molar-refractivity contribution in [2.75, 3.05) is 54.8 Å². The molecular weight excluding hydrogens is 512 g/mol. The summed E-state index contributed by atoms with van der Waals surface area (Å²) in [5.74, 6) is 0.405. The summed E-state index contributed by atoms with van der Waals surface area (Å²) in [6, 6.07) is 6.12. The van der Waals surface area contributed by atoms with Gasteiger partial charge < -0.3 is 26.2 Å². The Hall–Kier alpha value is -3.91. The van der Waals surface area contributed by atoms with Crippen LogP contribution in [0.25, 0.3) is 0 Å². The number of fused-ring (bicyclic) bond motifs is 1. The highest BCUT2D eigenvalue weighted by Crippen LogP contribution is 2.46. The molecule has 39 heavy (non-hydrogen) atoms. The van der Waals surface area contributed by atoms with Gasteiger partial charge >= 0.3 is 0 Å². The number of rotatable bonds is 5. The van der Waals surface area contributed by atoms with Gasteiger partial charge in [0.05, 0.1) is 11.0 Å². The number of anilines is 3. The largest absolute Gasteiger partial charge is 0.389 e. The van der Waals surface area contributed by atoms with Crippen molar-refractivity contribution in [1.29, 1.82) is 5.26 Å². The van der Waals surface area contributed by atoms with Crippen molar-refractivity contribution in [1.82, 2.24) is 9.88 Å². The van der Waals surface area contributed by atoms with Crippen molar-refractivity contribution in [3.63, 3.8) is 0 Å². The monoisotopic (exact) mass is 546 g/mol. The summed E-state index contributed by atoms with van der Waals surface area (Å²) in [5, 5.41) is 10.2. The van der Waals surface area contributed by atoms with E-state index in [9.17, 15) is 14.9 Å². The Kier molecular flexibility index (Phi) is 7.32. The van der Waals surface area contributed by atoms with E-state index >= 15 is 0 Å². The second-order valence-electron chi connectivity index (χ2n) is 10.5. The van der Waals surface area contributed by atoms with E-state index in [0.717, 1.165) is 55.2 Å². The van der Waals surface area contributed by atoms with Crippen LogP contribution in [0.4, 0.5) is 16.5 Å². The SMILES string of the molecule is C=CC(=O)N1CCN(c2cc(C(N)=NC(=O)C3(C)CCCc4sc(N)c(C#N)c43)nc(N3CCCC3)c2)CC1. The molecule has 2 fully saturated rings. The number of aliphatic imine (C=N–C) groups is 1. The lowest BCUT2D eigenvalue weighted by Gasteiger charge is -2.36. The van der Waals surface area contributed by atoms with Gasteiger partial charge in [-0.05, 0) is 51.2 Å². The van der Waals surface area contributed by atoms with Crippen LogP contribution in [0.3, 0.4) is 0 Å². The molecule has 10 nitrogen and oxygen atoms in total. The lowest BCUT2D eigenvalue weighted by atomic mass is 9.72. The first-order chi connectivity index (χ1) is 18.7. The summed E-state index contributed by atoms with van der Waals surface area (Å²) in [6.07, 6.45) is 5.71. The molecule has 2 aromatic rings. The average molecular weight is 547 g/mol. The van der Waals surface area contributed by atoms with Crippen molar-refractivity contribution in [3.8, 4) is 6.07 Å². The highest BCUT2D eigenvalue weighted by Gasteiger charge is 2.43. The Labute approximate surface area is 232 Å². The van der Waals surface area contributed by atoms with Crippen LogP contribution in [-0.4, -0.2) is 66.8 Å². The van der Waals surface area contributed by atoms with Crippen molar-refractivity contribution in [2.45, 2.75) is 44.4 Å². The van der Waals surface area contributed by atoms with Crippen LogP contribution in [0.2, 0.25) is 0 Å². The normalized spacial score (nSPS) is 21.4. The van der Waals surface area contributed by atoms with Crippen molar-refractivity contribution in [3.05, 3.63) is 46.5 Å². The number of carbonyl (C=O) groups is 2. The molecule has 1 atom stereocenters. The van der Waals surface area contributed by atoms with Gasteiger partial charge in [0.2, 0.25) is 5.91 Å². The Balaban J connectivity index is 1.47. The van der Waals surface area contributed by atoms with E-state index in [1.165, 1.54) is 17.4 Å². The van der Waals surface area contributed by atoms with Gasteiger partial charge in [-0.3, -0.25) is 9.59 Å². The van der Waals surface area contributed by atoms with E-state index in [1.54, 1.807) is 4.90 Å². The molecular formula is C28H34N8O2S. The Morgan fingerprint density at radius 1 is 1.15 bits per heavy atom. The molecule has 2 saturated heterocycles. The molecule has 2 aromatic heterocycles. The highest BCUT2D eigenvalue weighted by atomic mass is 32.1. The van der Waals surface area contributed by atoms with Crippen LogP contribution in [0, 0.1) is 11.3 Å². The minimum Gasteiger partial charge on any atom is -0.389 e. The molecule has 0 saturated carbocycles. The molecule has 0 bridgehead atoms. The molecule has 0 spiro atoms. The van der Waals surface area contributed by atoms with Gasteiger partial charge in [-0.2, -0.15) is 10.3 Å². The number of nitrogens with zero attached hydrogens (tertiary/aromatic N) is 6. The van der Waals surface area contributed by atoms with E-state index in [0.29, 0.717) is 54.4 Å². The lowest BCUT2D eigenvalue weighted by Crippen LogP contribution is -2.48. The van der Waals surface area contributed by atoms with Gasteiger partial charge in [-0.15, -0.1) is 11.3 Å². The smallest absolute Gasteiger partial charge is 0.258 e. The number of pyridine rings is 1. The Bertz CT molecular complexity index is 1380. The number of aromatic nitrogens is 1. The summed E-state index contributed by atoms with van der Waals surface area (Å²) in [5.41, 5.74) is 14.1. The van der Waals surface area contributed by atoms with Crippen molar-refractivity contribution < 1.29 is 9.59 Å². The van der Waals surface area contributed by atoms with Gasteiger partial charge in [0, 0.05) is 61.5 Å². The topological polar surface area (TPSA) is 145 Å².